The minimum absolute atomic E-state index is 0.159. The van der Waals surface area contributed by atoms with Crippen molar-refractivity contribution in [2.45, 2.75) is 53.1 Å². The minimum Gasteiger partial charge on any atom is -0.313 e. The maximum absolute atomic E-state index is 11.6. The van der Waals surface area contributed by atoms with Gasteiger partial charge in [-0.2, -0.15) is 5.10 Å². The van der Waals surface area contributed by atoms with Gasteiger partial charge in [0.1, 0.15) is 0 Å². The van der Waals surface area contributed by atoms with E-state index < -0.39 is 9.84 Å². The quantitative estimate of drug-likeness (QED) is 0.708. The van der Waals surface area contributed by atoms with Crippen molar-refractivity contribution in [2.24, 2.45) is 0 Å². The highest BCUT2D eigenvalue weighted by Crippen LogP contribution is 2.19. The summed E-state index contributed by atoms with van der Waals surface area (Å²) in [6.07, 6.45) is 2.95. The molecule has 0 radical (unpaired) electrons. The number of hydrogen-bond acceptors (Lipinski definition) is 4. The highest BCUT2D eigenvalue weighted by atomic mass is 32.2. The molecule has 0 aliphatic carbocycles. The fourth-order valence-corrected chi connectivity index (χ4v) is 2.93. The molecule has 0 aliphatic heterocycles. The number of nitrogens with zero attached hydrogens (tertiary/aromatic N) is 2. The monoisotopic (exact) mass is 301 g/mol. The molecule has 0 unspecified atom stereocenters. The van der Waals surface area contributed by atoms with Crippen LogP contribution in [0.1, 0.15) is 51.3 Å². The minimum atomic E-state index is -2.95. The fourth-order valence-electron chi connectivity index (χ4n) is 2.19. The third-order valence-corrected chi connectivity index (χ3v) is 4.99. The summed E-state index contributed by atoms with van der Waals surface area (Å²) in [7, 11) is -2.95. The predicted octanol–water partition coefficient (Wildman–Crippen LogP) is 1.94. The van der Waals surface area contributed by atoms with E-state index in [9.17, 15) is 8.42 Å². The summed E-state index contributed by atoms with van der Waals surface area (Å²) in [5.41, 5.74) is 2.31. The molecule has 1 rings (SSSR count). The molecular formula is C14H27N3O2S. The Labute approximate surface area is 122 Å². The molecule has 116 valence electrons. The highest BCUT2D eigenvalue weighted by molar-refractivity contribution is 7.91. The van der Waals surface area contributed by atoms with Gasteiger partial charge < -0.3 is 5.32 Å². The maximum atomic E-state index is 11.6. The molecular weight excluding hydrogens is 274 g/mol. The lowest BCUT2D eigenvalue weighted by atomic mass is 10.1. The Morgan fingerprint density at radius 2 is 2.05 bits per heavy atom. The number of aromatic nitrogens is 2. The van der Waals surface area contributed by atoms with Gasteiger partial charge in [-0.25, -0.2) is 8.42 Å². The smallest absolute Gasteiger partial charge is 0.151 e. The second kappa shape index (κ2) is 7.78. The second-order valence-corrected chi connectivity index (χ2v) is 7.82. The Hall–Kier alpha value is -0.880. The molecule has 20 heavy (non-hydrogen) atoms. The summed E-state index contributed by atoms with van der Waals surface area (Å²) in [5.74, 6) is 0.684. The van der Waals surface area contributed by atoms with Gasteiger partial charge in [0.15, 0.2) is 9.84 Å². The van der Waals surface area contributed by atoms with Crippen LogP contribution in [-0.2, 0) is 22.9 Å². The molecule has 0 atom stereocenters. The molecule has 1 aromatic heterocycles. The average molecular weight is 301 g/mol. The van der Waals surface area contributed by atoms with Crippen LogP contribution in [0.3, 0.4) is 0 Å². The standard InChI is InChI=1S/C14H27N3O2S/c1-5-7-15-10-13-11-16-17(14(13)12(3)4)8-9-20(18,19)6-2/h11-12,15H,5-10H2,1-4H3. The van der Waals surface area contributed by atoms with Crippen molar-refractivity contribution in [3.8, 4) is 0 Å². The second-order valence-electron chi connectivity index (χ2n) is 5.35. The number of sulfone groups is 1. The van der Waals surface area contributed by atoms with Gasteiger partial charge in [0.2, 0.25) is 0 Å². The third-order valence-electron chi connectivity index (χ3n) is 3.30. The Morgan fingerprint density at radius 1 is 1.35 bits per heavy atom. The first kappa shape index (κ1) is 17.2. The summed E-state index contributed by atoms with van der Waals surface area (Å²) in [6, 6.07) is 0. The van der Waals surface area contributed by atoms with Gasteiger partial charge in [-0.05, 0) is 18.9 Å². The summed E-state index contributed by atoms with van der Waals surface area (Å²) >= 11 is 0. The lowest BCUT2D eigenvalue weighted by Crippen LogP contribution is -2.19. The lowest BCUT2D eigenvalue weighted by molar-refractivity contribution is 0.564. The predicted molar refractivity (Wildman–Crippen MR) is 82.6 cm³/mol. The molecule has 0 spiro atoms. The SMILES string of the molecule is CCCNCc1cnn(CCS(=O)(=O)CC)c1C(C)C. The topological polar surface area (TPSA) is 64.0 Å². The Bertz CT molecular complexity index is 506. The van der Waals surface area contributed by atoms with Crippen LogP contribution < -0.4 is 5.32 Å². The molecule has 0 amide bonds. The molecule has 0 saturated heterocycles. The molecule has 1 aromatic rings. The first-order valence-electron chi connectivity index (χ1n) is 7.37. The Balaban J connectivity index is 2.81. The third kappa shape index (κ3) is 4.90. The van der Waals surface area contributed by atoms with E-state index >= 15 is 0 Å². The van der Waals surface area contributed by atoms with Gasteiger partial charge in [-0.1, -0.05) is 27.7 Å². The Morgan fingerprint density at radius 3 is 2.60 bits per heavy atom. The van der Waals surface area contributed by atoms with E-state index in [-0.39, 0.29) is 11.5 Å². The van der Waals surface area contributed by atoms with Gasteiger partial charge in [0.05, 0.1) is 18.5 Å². The van der Waals surface area contributed by atoms with Crippen LogP contribution in [0.15, 0.2) is 6.20 Å². The van der Waals surface area contributed by atoms with Crippen molar-refractivity contribution < 1.29 is 8.42 Å². The van der Waals surface area contributed by atoms with Crippen molar-refractivity contribution in [1.82, 2.24) is 15.1 Å². The van der Waals surface area contributed by atoms with Crippen molar-refractivity contribution in [1.29, 1.82) is 0 Å². The summed E-state index contributed by atoms with van der Waals surface area (Å²) in [4.78, 5) is 0. The van der Waals surface area contributed by atoms with E-state index in [0.29, 0.717) is 12.5 Å². The molecule has 0 fully saturated rings. The van der Waals surface area contributed by atoms with Crippen molar-refractivity contribution >= 4 is 9.84 Å². The molecule has 1 N–H and O–H groups in total. The van der Waals surface area contributed by atoms with Gasteiger partial charge in [-0.15, -0.1) is 0 Å². The number of rotatable bonds is 9. The first-order chi connectivity index (χ1) is 9.41. The fraction of sp³-hybridized carbons (Fsp3) is 0.786. The van der Waals surface area contributed by atoms with Crippen LogP contribution in [-0.4, -0.2) is 36.2 Å². The van der Waals surface area contributed by atoms with E-state index in [1.807, 2.05) is 10.9 Å². The zero-order valence-corrected chi connectivity index (χ0v) is 13.8. The largest absolute Gasteiger partial charge is 0.313 e. The lowest BCUT2D eigenvalue weighted by Gasteiger charge is -2.13. The van der Waals surface area contributed by atoms with Gasteiger partial charge in [0, 0.05) is 23.6 Å². The van der Waals surface area contributed by atoms with E-state index in [1.165, 1.54) is 5.56 Å². The van der Waals surface area contributed by atoms with Crippen LogP contribution in [0.5, 0.6) is 0 Å². The summed E-state index contributed by atoms with van der Waals surface area (Å²) < 4.78 is 25.1. The molecule has 1 heterocycles. The van der Waals surface area contributed by atoms with Crippen molar-refractivity contribution in [2.75, 3.05) is 18.1 Å². The van der Waals surface area contributed by atoms with E-state index in [2.05, 4.69) is 31.2 Å². The number of nitrogens with one attached hydrogen (secondary N) is 1. The van der Waals surface area contributed by atoms with Crippen LogP contribution in [0.25, 0.3) is 0 Å². The normalized spacial score (nSPS) is 12.2. The average Bonchev–Trinajstić information content (AvgIpc) is 2.80. The van der Waals surface area contributed by atoms with Crippen LogP contribution in [0.2, 0.25) is 0 Å². The van der Waals surface area contributed by atoms with Gasteiger partial charge in [-0.3, -0.25) is 4.68 Å². The van der Waals surface area contributed by atoms with Crippen LogP contribution in [0.4, 0.5) is 0 Å². The van der Waals surface area contributed by atoms with Crippen molar-refractivity contribution in [3.63, 3.8) is 0 Å². The molecule has 0 saturated carbocycles. The van der Waals surface area contributed by atoms with Gasteiger partial charge in [0.25, 0.3) is 0 Å². The van der Waals surface area contributed by atoms with Gasteiger partial charge >= 0.3 is 0 Å². The maximum Gasteiger partial charge on any atom is 0.151 e. The number of aryl methyl sites for hydroxylation is 1. The molecule has 0 aliphatic rings. The van der Waals surface area contributed by atoms with Crippen LogP contribution in [0, 0.1) is 0 Å². The van der Waals surface area contributed by atoms with E-state index in [1.54, 1.807) is 6.92 Å². The van der Waals surface area contributed by atoms with E-state index in [0.717, 1.165) is 25.2 Å². The molecule has 6 heteroatoms. The van der Waals surface area contributed by atoms with Crippen molar-refractivity contribution in [3.05, 3.63) is 17.5 Å². The number of hydrogen-bond donors (Lipinski definition) is 1. The molecule has 0 aromatic carbocycles. The molecule has 0 bridgehead atoms. The first-order valence-corrected chi connectivity index (χ1v) is 9.19. The zero-order chi connectivity index (χ0) is 15.2. The van der Waals surface area contributed by atoms with E-state index in [4.69, 9.17) is 0 Å². The summed E-state index contributed by atoms with van der Waals surface area (Å²) in [5, 5.41) is 7.74. The summed E-state index contributed by atoms with van der Waals surface area (Å²) in [6.45, 7) is 10.3. The van der Waals surface area contributed by atoms with Crippen LogP contribution >= 0.6 is 0 Å². The zero-order valence-electron chi connectivity index (χ0n) is 13.0. The molecule has 5 nitrogen and oxygen atoms in total. The highest BCUT2D eigenvalue weighted by Gasteiger charge is 2.16. The Kier molecular flexibility index (Phi) is 6.68.